The largest absolute Gasteiger partial charge is 0.481 e. The Kier molecular flexibility index (Phi) is 5.59. The number of imidazole rings is 1. The molecule has 1 saturated carbocycles. The van der Waals surface area contributed by atoms with Crippen molar-refractivity contribution in [2.24, 2.45) is 16.7 Å². The molecule has 2 aromatic rings. The first-order valence-electron chi connectivity index (χ1n) is 11.4. The molecule has 166 valence electrons. The third-order valence-corrected chi connectivity index (χ3v) is 7.95. The number of aliphatic carboxylic acids is 1. The van der Waals surface area contributed by atoms with E-state index in [2.05, 4.69) is 28.6 Å². The highest BCUT2D eigenvalue weighted by Crippen LogP contribution is 2.52. The minimum atomic E-state index is -0.709. The van der Waals surface area contributed by atoms with Gasteiger partial charge in [-0.05, 0) is 67.1 Å². The molecule has 2 atom stereocenters. The minimum Gasteiger partial charge on any atom is -0.481 e. The second kappa shape index (κ2) is 7.94. The number of nitrogens with zero attached hydrogens (tertiary/aromatic N) is 2. The monoisotopic (exact) mass is 422 g/mol. The quantitative estimate of drug-likeness (QED) is 0.674. The van der Waals surface area contributed by atoms with Gasteiger partial charge in [0.15, 0.2) is 0 Å². The summed E-state index contributed by atoms with van der Waals surface area (Å²) in [6.07, 6.45) is 6.64. The predicted octanol–water partition coefficient (Wildman–Crippen LogP) is 5.43. The van der Waals surface area contributed by atoms with E-state index in [1.807, 2.05) is 51.5 Å². The molecule has 5 heteroatoms. The average molecular weight is 423 g/mol. The van der Waals surface area contributed by atoms with Gasteiger partial charge < -0.3 is 14.8 Å². The molecule has 0 radical (unpaired) electrons. The molecule has 4 rings (SSSR count). The highest BCUT2D eigenvalue weighted by atomic mass is 16.4. The molecule has 31 heavy (non-hydrogen) atoms. The van der Waals surface area contributed by atoms with Crippen LogP contribution in [0.1, 0.15) is 77.1 Å². The maximum absolute atomic E-state index is 12.1. The first-order chi connectivity index (χ1) is 14.7. The molecule has 2 N–H and O–H groups in total. The molecule has 2 heterocycles. The fraction of sp³-hybridized carbons (Fsp3) is 0.538. The van der Waals surface area contributed by atoms with Crippen molar-refractivity contribution in [1.82, 2.24) is 9.55 Å². The zero-order valence-corrected chi connectivity index (χ0v) is 19.0. The van der Waals surface area contributed by atoms with Gasteiger partial charge in [-0.15, -0.1) is 0 Å². The van der Waals surface area contributed by atoms with Gasteiger partial charge in [-0.3, -0.25) is 4.79 Å². The second-order valence-corrected chi connectivity index (χ2v) is 10.4. The third kappa shape index (κ3) is 3.63. The number of aliphatic hydroxyl groups is 1. The SMILES string of the molecule is CC1=C(c2ccccc2)C(C[C@H](O)C2CCC(C(=O)O)(C(C)(C)C)CC2)n2cncc21. The Morgan fingerprint density at radius 1 is 1.23 bits per heavy atom. The fourth-order valence-corrected chi connectivity index (χ4v) is 5.85. The number of carbonyl (C=O) groups is 1. The van der Waals surface area contributed by atoms with Gasteiger partial charge in [0, 0.05) is 0 Å². The van der Waals surface area contributed by atoms with Crippen LogP contribution in [0.5, 0.6) is 0 Å². The van der Waals surface area contributed by atoms with Crippen LogP contribution in [0.25, 0.3) is 11.1 Å². The molecule has 0 amide bonds. The smallest absolute Gasteiger partial charge is 0.310 e. The number of aliphatic hydroxyl groups excluding tert-OH is 1. The summed E-state index contributed by atoms with van der Waals surface area (Å²) < 4.78 is 2.18. The lowest BCUT2D eigenvalue weighted by Crippen LogP contribution is -2.47. The molecule has 1 aliphatic heterocycles. The molecule has 1 unspecified atom stereocenters. The molecule has 1 aliphatic carbocycles. The van der Waals surface area contributed by atoms with Crippen molar-refractivity contribution < 1.29 is 15.0 Å². The molecular formula is C26H34N2O3. The van der Waals surface area contributed by atoms with Gasteiger partial charge in [0.1, 0.15) is 0 Å². The first-order valence-corrected chi connectivity index (χ1v) is 11.4. The van der Waals surface area contributed by atoms with Crippen LogP contribution in [0, 0.1) is 16.7 Å². The summed E-state index contributed by atoms with van der Waals surface area (Å²) in [5.74, 6) is -0.573. The Labute approximate surface area is 184 Å². The topological polar surface area (TPSA) is 75.3 Å². The number of fused-ring (bicyclic) bond motifs is 1. The summed E-state index contributed by atoms with van der Waals surface area (Å²) in [7, 11) is 0. The van der Waals surface area contributed by atoms with Gasteiger partial charge in [0.2, 0.25) is 0 Å². The van der Waals surface area contributed by atoms with E-state index in [0.717, 1.165) is 18.5 Å². The standard InChI is InChI=1S/C26H34N2O3/c1-17-21-15-27-16-28(21)20(23(17)19-8-6-5-7-9-19)14-22(29)18-10-12-26(13-11-18,24(30)31)25(2,3)4/h5-9,15-16,18,20,22,29H,10-14H2,1-4H3,(H,30,31)/t18?,20?,22-,26?/m0/s1. The van der Waals surface area contributed by atoms with Gasteiger partial charge >= 0.3 is 5.97 Å². The highest BCUT2D eigenvalue weighted by Gasteiger charge is 2.51. The van der Waals surface area contributed by atoms with E-state index in [1.165, 1.54) is 16.7 Å². The number of rotatable bonds is 5. The summed E-state index contributed by atoms with van der Waals surface area (Å²) in [6, 6.07) is 10.4. The third-order valence-electron chi connectivity index (χ3n) is 7.95. The molecular weight excluding hydrogens is 388 g/mol. The van der Waals surface area contributed by atoms with Gasteiger partial charge in [0.25, 0.3) is 0 Å². The van der Waals surface area contributed by atoms with E-state index in [0.29, 0.717) is 19.3 Å². The summed E-state index contributed by atoms with van der Waals surface area (Å²) in [5, 5.41) is 21.2. The molecule has 1 aromatic heterocycles. The summed E-state index contributed by atoms with van der Waals surface area (Å²) in [4.78, 5) is 16.5. The van der Waals surface area contributed by atoms with Crippen LogP contribution >= 0.6 is 0 Å². The van der Waals surface area contributed by atoms with E-state index in [4.69, 9.17) is 0 Å². The van der Waals surface area contributed by atoms with Crippen molar-refractivity contribution in [3.8, 4) is 0 Å². The summed E-state index contributed by atoms with van der Waals surface area (Å²) in [5.41, 5.74) is 3.75. The minimum absolute atomic E-state index is 0.0451. The van der Waals surface area contributed by atoms with E-state index in [-0.39, 0.29) is 17.4 Å². The average Bonchev–Trinajstić information content (AvgIpc) is 3.31. The Morgan fingerprint density at radius 3 is 2.45 bits per heavy atom. The molecule has 5 nitrogen and oxygen atoms in total. The van der Waals surface area contributed by atoms with Crippen molar-refractivity contribution in [3.63, 3.8) is 0 Å². The number of benzene rings is 1. The predicted molar refractivity (Wildman–Crippen MR) is 122 cm³/mol. The lowest BCUT2D eigenvalue weighted by Gasteiger charge is -2.46. The maximum Gasteiger partial charge on any atom is 0.310 e. The van der Waals surface area contributed by atoms with Crippen molar-refractivity contribution >= 4 is 17.1 Å². The zero-order chi connectivity index (χ0) is 22.4. The molecule has 0 bridgehead atoms. The number of hydrogen-bond acceptors (Lipinski definition) is 3. The first kappa shape index (κ1) is 21.8. The Morgan fingerprint density at radius 2 is 1.87 bits per heavy atom. The Bertz CT molecular complexity index is 976. The molecule has 0 saturated heterocycles. The number of carboxylic acids is 1. The van der Waals surface area contributed by atoms with Crippen LogP contribution in [0.15, 0.2) is 42.9 Å². The second-order valence-electron chi connectivity index (χ2n) is 10.4. The van der Waals surface area contributed by atoms with Gasteiger partial charge in [-0.25, -0.2) is 4.98 Å². The number of aromatic nitrogens is 2. The molecule has 1 fully saturated rings. The van der Waals surface area contributed by atoms with Crippen LogP contribution in [0.4, 0.5) is 0 Å². The Balaban J connectivity index is 1.54. The highest BCUT2D eigenvalue weighted by molar-refractivity contribution is 5.93. The van der Waals surface area contributed by atoms with Crippen LogP contribution in [0.3, 0.4) is 0 Å². The van der Waals surface area contributed by atoms with Crippen molar-refractivity contribution in [2.45, 2.75) is 71.9 Å². The summed E-state index contributed by atoms with van der Waals surface area (Å²) >= 11 is 0. The van der Waals surface area contributed by atoms with Crippen molar-refractivity contribution in [3.05, 3.63) is 54.1 Å². The van der Waals surface area contributed by atoms with Crippen molar-refractivity contribution in [1.29, 1.82) is 0 Å². The van der Waals surface area contributed by atoms with Crippen LogP contribution in [0.2, 0.25) is 0 Å². The molecule has 2 aliphatic rings. The van der Waals surface area contributed by atoms with E-state index in [9.17, 15) is 15.0 Å². The van der Waals surface area contributed by atoms with E-state index >= 15 is 0 Å². The van der Waals surface area contributed by atoms with E-state index < -0.39 is 17.5 Å². The lowest BCUT2D eigenvalue weighted by atomic mass is 9.57. The van der Waals surface area contributed by atoms with Gasteiger partial charge in [-0.2, -0.15) is 0 Å². The van der Waals surface area contributed by atoms with Crippen molar-refractivity contribution in [2.75, 3.05) is 0 Å². The van der Waals surface area contributed by atoms with E-state index in [1.54, 1.807) is 0 Å². The molecule has 1 aromatic carbocycles. The maximum atomic E-state index is 12.1. The number of carboxylic acid groups (broad SMARTS) is 1. The number of hydrogen-bond donors (Lipinski definition) is 2. The summed E-state index contributed by atoms with van der Waals surface area (Å²) in [6.45, 7) is 8.21. The van der Waals surface area contributed by atoms with Crippen LogP contribution in [-0.2, 0) is 4.79 Å². The Hall–Kier alpha value is -2.40. The van der Waals surface area contributed by atoms with Gasteiger partial charge in [0.05, 0.1) is 35.8 Å². The van der Waals surface area contributed by atoms with Crippen LogP contribution < -0.4 is 0 Å². The normalized spacial score (nSPS) is 27.3. The fourth-order valence-electron chi connectivity index (χ4n) is 5.85. The zero-order valence-electron chi connectivity index (χ0n) is 19.0. The van der Waals surface area contributed by atoms with Crippen LogP contribution in [-0.4, -0.2) is 31.8 Å². The number of allylic oxidation sites excluding steroid dienone is 2. The lowest BCUT2D eigenvalue weighted by molar-refractivity contribution is -0.161. The molecule has 0 spiro atoms. The van der Waals surface area contributed by atoms with Gasteiger partial charge in [-0.1, -0.05) is 51.1 Å².